The minimum absolute atomic E-state index is 0.0211. The lowest BCUT2D eigenvalue weighted by Gasteiger charge is -2.34. The molecule has 1 heterocycles. The highest BCUT2D eigenvalue weighted by Gasteiger charge is 2.38. The second kappa shape index (κ2) is 7.91. The molecule has 0 fully saturated rings. The molecule has 30 heavy (non-hydrogen) atoms. The van der Waals surface area contributed by atoms with E-state index < -0.39 is 10.8 Å². The first-order valence-electron chi connectivity index (χ1n) is 9.51. The third-order valence-corrected chi connectivity index (χ3v) is 6.01. The van der Waals surface area contributed by atoms with Crippen LogP contribution in [0.2, 0.25) is 5.02 Å². The minimum atomic E-state index is -0.563. The first kappa shape index (κ1) is 20.1. The molecule has 4 rings (SSSR count). The van der Waals surface area contributed by atoms with Crippen LogP contribution in [0.1, 0.15) is 42.2 Å². The van der Waals surface area contributed by atoms with Crippen LogP contribution >= 0.6 is 11.6 Å². The molecule has 1 N–H and O–H groups in total. The summed E-state index contributed by atoms with van der Waals surface area (Å²) in [4.78, 5) is 36.2. The number of nitrogens with one attached hydrogen (secondary N) is 1. The normalized spacial score (nSPS) is 21.1. The molecule has 0 spiro atoms. The topological polar surface area (TPSA) is 98.5 Å². The number of amides is 1. The van der Waals surface area contributed by atoms with Gasteiger partial charge in [-0.05, 0) is 41.7 Å². The monoisotopic (exact) mass is 426 g/mol. The van der Waals surface area contributed by atoms with E-state index in [2.05, 4.69) is 5.32 Å². The standard InChI is InChI=1S/C22H19ClN2O5/c1-30-15-5-2-12(3-6-15)14-8-18-22(20(26)10-14)16(11-21(27)24-18)13-4-7-17(23)19(9-13)25(28)29/h2-7,9,14,16H,8,10-11H2,1H3,(H,24,27)/t14-,16-/m1/s1. The highest BCUT2D eigenvalue weighted by atomic mass is 35.5. The average Bonchev–Trinajstić information content (AvgIpc) is 2.73. The van der Waals surface area contributed by atoms with Crippen LogP contribution in [0.5, 0.6) is 5.75 Å². The highest BCUT2D eigenvalue weighted by Crippen LogP contribution is 2.43. The van der Waals surface area contributed by atoms with E-state index in [-0.39, 0.29) is 34.7 Å². The van der Waals surface area contributed by atoms with Crippen molar-refractivity contribution < 1.29 is 19.2 Å². The summed E-state index contributed by atoms with van der Waals surface area (Å²) in [5.41, 5.74) is 2.45. The van der Waals surface area contributed by atoms with Crippen molar-refractivity contribution in [3.8, 4) is 5.75 Å². The fraction of sp³-hybridized carbons (Fsp3) is 0.273. The van der Waals surface area contributed by atoms with Gasteiger partial charge in [-0.3, -0.25) is 19.7 Å². The van der Waals surface area contributed by atoms with E-state index in [1.807, 2.05) is 24.3 Å². The van der Waals surface area contributed by atoms with Crippen LogP contribution in [0.4, 0.5) is 5.69 Å². The number of carbonyl (C=O) groups excluding carboxylic acids is 2. The Morgan fingerprint density at radius 3 is 2.43 bits per heavy atom. The summed E-state index contributed by atoms with van der Waals surface area (Å²) >= 11 is 5.92. The van der Waals surface area contributed by atoms with Crippen molar-refractivity contribution in [2.45, 2.75) is 31.1 Å². The molecule has 0 unspecified atom stereocenters. The van der Waals surface area contributed by atoms with Crippen LogP contribution in [0.15, 0.2) is 53.7 Å². The van der Waals surface area contributed by atoms with Gasteiger partial charge >= 0.3 is 0 Å². The molecular formula is C22H19ClN2O5. The maximum absolute atomic E-state index is 13.1. The minimum Gasteiger partial charge on any atom is -0.497 e. The molecule has 8 heteroatoms. The van der Waals surface area contributed by atoms with Crippen molar-refractivity contribution in [1.82, 2.24) is 5.32 Å². The number of hydrogen-bond donors (Lipinski definition) is 1. The van der Waals surface area contributed by atoms with Gasteiger partial charge in [-0.1, -0.05) is 29.8 Å². The Kier molecular flexibility index (Phi) is 5.30. The number of benzene rings is 2. The van der Waals surface area contributed by atoms with Gasteiger partial charge in [0.15, 0.2) is 5.78 Å². The van der Waals surface area contributed by atoms with Gasteiger partial charge in [0.2, 0.25) is 5.91 Å². The van der Waals surface area contributed by atoms with Gasteiger partial charge in [0.25, 0.3) is 5.69 Å². The quantitative estimate of drug-likeness (QED) is 0.581. The third kappa shape index (κ3) is 3.68. The molecular weight excluding hydrogens is 408 g/mol. The summed E-state index contributed by atoms with van der Waals surface area (Å²) < 4.78 is 5.18. The summed E-state index contributed by atoms with van der Waals surface area (Å²) in [6, 6.07) is 12.0. The lowest BCUT2D eigenvalue weighted by Crippen LogP contribution is -2.38. The van der Waals surface area contributed by atoms with Crippen LogP contribution < -0.4 is 10.1 Å². The lowest BCUT2D eigenvalue weighted by molar-refractivity contribution is -0.384. The SMILES string of the molecule is COc1ccc([C@H]2CC(=O)C3=C(C2)NC(=O)C[C@@H]3c2ccc(Cl)c([N+](=O)[O-])c2)cc1. The zero-order valence-electron chi connectivity index (χ0n) is 16.2. The third-order valence-electron chi connectivity index (χ3n) is 5.69. The van der Waals surface area contributed by atoms with Gasteiger partial charge in [-0.2, -0.15) is 0 Å². The summed E-state index contributed by atoms with van der Waals surface area (Å²) in [7, 11) is 1.59. The molecule has 2 aromatic carbocycles. The molecule has 154 valence electrons. The van der Waals surface area contributed by atoms with Gasteiger partial charge in [0.1, 0.15) is 10.8 Å². The maximum atomic E-state index is 13.1. The van der Waals surface area contributed by atoms with E-state index in [1.54, 1.807) is 13.2 Å². The molecule has 2 aromatic rings. The van der Waals surface area contributed by atoms with Crippen LogP contribution in [0, 0.1) is 10.1 Å². The van der Waals surface area contributed by atoms with Crippen molar-refractivity contribution in [2.75, 3.05) is 7.11 Å². The zero-order chi connectivity index (χ0) is 21.4. The Hall–Kier alpha value is -3.19. The first-order chi connectivity index (χ1) is 14.4. The maximum Gasteiger partial charge on any atom is 0.288 e. The van der Waals surface area contributed by atoms with Crippen molar-refractivity contribution in [1.29, 1.82) is 0 Å². The van der Waals surface area contributed by atoms with Crippen molar-refractivity contribution >= 4 is 29.0 Å². The average molecular weight is 427 g/mol. The number of allylic oxidation sites excluding steroid dienone is 2. The largest absolute Gasteiger partial charge is 0.497 e. The number of nitro groups is 1. The molecule has 1 aliphatic carbocycles. The number of carbonyl (C=O) groups is 2. The predicted octanol–water partition coefficient (Wildman–Crippen LogP) is 4.26. The Labute approximate surface area is 177 Å². The fourth-order valence-corrected chi connectivity index (χ4v) is 4.43. The van der Waals surface area contributed by atoms with Gasteiger partial charge in [-0.25, -0.2) is 0 Å². The Balaban J connectivity index is 1.70. The Bertz CT molecular complexity index is 1080. The van der Waals surface area contributed by atoms with Crippen molar-refractivity contribution in [2.24, 2.45) is 0 Å². The summed E-state index contributed by atoms with van der Waals surface area (Å²) in [6.45, 7) is 0. The molecule has 0 aromatic heterocycles. The molecule has 0 saturated carbocycles. The van der Waals surface area contributed by atoms with Crippen LogP contribution in [0.25, 0.3) is 0 Å². The smallest absolute Gasteiger partial charge is 0.288 e. The number of ether oxygens (including phenoxy) is 1. The van der Waals surface area contributed by atoms with Crippen LogP contribution in [-0.4, -0.2) is 23.7 Å². The highest BCUT2D eigenvalue weighted by molar-refractivity contribution is 6.32. The summed E-state index contributed by atoms with van der Waals surface area (Å²) in [6.07, 6.45) is 0.898. The van der Waals surface area contributed by atoms with E-state index in [0.717, 1.165) is 11.3 Å². The number of nitrogens with zero attached hydrogens (tertiary/aromatic N) is 1. The summed E-state index contributed by atoms with van der Waals surface area (Å²) in [5, 5.41) is 14.1. The molecule has 0 bridgehead atoms. The van der Waals surface area contributed by atoms with E-state index in [4.69, 9.17) is 16.3 Å². The zero-order valence-corrected chi connectivity index (χ0v) is 16.9. The number of ketones is 1. The van der Waals surface area contributed by atoms with E-state index in [0.29, 0.717) is 29.7 Å². The van der Waals surface area contributed by atoms with Gasteiger partial charge in [-0.15, -0.1) is 0 Å². The number of hydrogen-bond acceptors (Lipinski definition) is 5. The molecule has 7 nitrogen and oxygen atoms in total. The van der Waals surface area contributed by atoms with Crippen molar-refractivity contribution in [3.63, 3.8) is 0 Å². The molecule has 2 atom stereocenters. The Morgan fingerprint density at radius 1 is 1.07 bits per heavy atom. The number of nitro benzene ring substituents is 1. The number of Topliss-reactive ketones (excluding diaryl/α,β-unsaturated/α-hetero) is 1. The second-order valence-corrected chi connectivity index (χ2v) is 7.87. The van der Waals surface area contributed by atoms with Crippen LogP contribution in [-0.2, 0) is 9.59 Å². The van der Waals surface area contributed by atoms with E-state index in [9.17, 15) is 19.7 Å². The summed E-state index contributed by atoms with van der Waals surface area (Å²) in [5.74, 6) is -0.106. The first-order valence-corrected chi connectivity index (χ1v) is 9.89. The van der Waals surface area contributed by atoms with E-state index in [1.165, 1.54) is 12.1 Å². The number of halogens is 1. The van der Waals surface area contributed by atoms with E-state index >= 15 is 0 Å². The number of rotatable bonds is 4. The second-order valence-electron chi connectivity index (χ2n) is 7.47. The predicted molar refractivity (Wildman–Crippen MR) is 111 cm³/mol. The van der Waals surface area contributed by atoms with Crippen molar-refractivity contribution in [3.05, 3.63) is 80.0 Å². The van der Waals surface area contributed by atoms with Gasteiger partial charge < -0.3 is 10.1 Å². The molecule has 1 aliphatic heterocycles. The fourth-order valence-electron chi connectivity index (χ4n) is 4.24. The molecule has 0 saturated heterocycles. The van der Waals surface area contributed by atoms with Gasteiger partial charge in [0.05, 0.1) is 12.0 Å². The molecule has 2 aliphatic rings. The lowest BCUT2D eigenvalue weighted by atomic mass is 9.73. The van der Waals surface area contributed by atoms with Gasteiger partial charge in [0, 0.05) is 36.1 Å². The van der Waals surface area contributed by atoms with Crippen LogP contribution in [0.3, 0.4) is 0 Å². The molecule has 1 amide bonds. The number of methoxy groups -OCH3 is 1. The Morgan fingerprint density at radius 2 is 1.77 bits per heavy atom. The molecule has 0 radical (unpaired) electrons.